The molecule has 20 heavy (non-hydrogen) atoms. The molecule has 0 radical (unpaired) electrons. The first-order chi connectivity index (χ1) is 9.54. The van der Waals surface area contributed by atoms with Crippen LogP contribution in [0.25, 0.3) is 0 Å². The lowest BCUT2D eigenvalue weighted by Crippen LogP contribution is -2.06. The second-order valence-electron chi connectivity index (χ2n) is 6.21. The molecule has 0 amide bonds. The first-order valence-electron chi connectivity index (χ1n) is 7.97. The van der Waals surface area contributed by atoms with E-state index in [1.165, 1.54) is 24.8 Å². The van der Waals surface area contributed by atoms with Crippen LogP contribution in [-0.4, -0.2) is 6.54 Å². The Labute approximate surface area is 125 Å². The maximum Gasteiger partial charge on any atom is -0.00718 e. The predicted molar refractivity (Wildman–Crippen MR) is 90.6 cm³/mol. The maximum atomic E-state index is 5.55. The summed E-state index contributed by atoms with van der Waals surface area (Å²) in [5.41, 5.74) is 9.97. The van der Waals surface area contributed by atoms with E-state index in [1.807, 2.05) is 0 Å². The molecule has 2 atom stereocenters. The molecule has 1 aliphatic carbocycles. The van der Waals surface area contributed by atoms with E-state index in [-0.39, 0.29) is 0 Å². The van der Waals surface area contributed by atoms with E-state index >= 15 is 0 Å². The SMILES string of the molecule is CC1=C(/C=C/C(C)=C/C=C/C(C)CCN)C(C)CCC1. The molecule has 1 nitrogen and oxygen atoms in total. The summed E-state index contributed by atoms with van der Waals surface area (Å²) in [5, 5.41) is 0. The molecular formula is C19H31N. The van der Waals surface area contributed by atoms with Gasteiger partial charge in [0.25, 0.3) is 0 Å². The monoisotopic (exact) mass is 273 g/mol. The van der Waals surface area contributed by atoms with Gasteiger partial charge in [0, 0.05) is 0 Å². The highest BCUT2D eigenvalue weighted by Crippen LogP contribution is 2.30. The van der Waals surface area contributed by atoms with Crippen molar-refractivity contribution in [2.75, 3.05) is 6.54 Å². The van der Waals surface area contributed by atoms with Gasteiger partial charge < -0.3 is 5.73 Å². The standard InChI is InChI=1S/C19H31N/c1-15(7-5-8-16(2)13-14-20)11-12-19-17(3)9-6-10-18(19)4/h5,7-8,11-12,16-17H,6,9-10,13-14,20H2,1-4H3/b8-5+,12-11+,15-7+. The molecule has 1 aliphatic rings. The molecule has 0 heterocycles. The van der Waals surface area contributed by atoms with Crippen molar-refractivity contribution in [1.29, 1.82) is 0 Å². The van der Waals surface area contributed by atoms with Gasteiger partial charge in [-0.2, -0.15) is 0 Å². The Bertz CT molecular complexity index is 409. The summed E-state index contributed by atoms with van der Waals surface area (Å²) < 4.78 is 0. The number of rotatable bonds is 6. The van der Waals surface area contributed by atoms with Crippen LogP contribution in [0.15, 0.2) is 47.1 Å². The Morgan fingerprint density at radius 3 is 2.85 bits per heavy atom. The predicted octanol–water partition coefficient (Wildman–Crippen LogP) is 5.17. The smallest absolute Gasteiger partial charge is 0.00718 e. The molecule has 0 saturated carbocycles. The molecule has 0 bridgehead atoms. The minimum Gasteiger partial charge on any atom is -0.330 e. The van der Waals surface area contributed by atoms with E-state index in [1.54, 1.807) is 11.1 Å². The van der Waals surface area contributed by atoms with Crippen molar-refractivity contribution in [2.45, 2.75) is 53.4 Å². The largest absolute Gasteiger partial charge is 0.330 e. The number of hydrogen-bond donors (Lipinski definition) is 1. The molecule has 0 aromatic carbocycles. The Balaban J connectivity index is 2.60. The lowest BCUT2D eigenvalue weighted by atomic mass is 9.84. The Morgan fingerprint density at radius 2 is 2.20 bits per heavy atom. The zero-order valence-electron chi connectivity index (χ0n) is 13.7. The van der Waals surface area contributed by atoms with E-state index < -0.39 is 0 Å². The van der Waals surface area contributed by atoms with Gasteiger partial charge in [-0.05, 0) is 63.5 Å². The van der Waals surface area contributed by atoms with Crippen LogP contribution < -0.4 is 5.73 Å². The van der Waals surface area contributed by atoms with Crippen molar-refractivity contribution in [3.05, 3.63) is 47.1 Å². The Hall–Kier alpha value is -1.08. The summed E-state index contributed by atoms with van der Waals surface area (Å²) in [4.78, 5) is 0. The molecule has 0 fully saturated rings. The second-order valence-corrected chi connectivity index (χ2v) is 6.21. The van der Waals surface area contributed by atoms with E-state index in [2.05, 4.69) is 58.1 Å². The minimum absolute atomic E-state index is 0.566. The summed E-state index contributed by atoms with van der Waals surface area (Å²) in [6.07, 6.45) is 16.2. The number of nitrogens with two attached hydrogens (primary N) is 1. The van der Waals surface area contributed by atoms with E-state index in [0.29, 0.717) is 11.8 Å². The highest BCUT2D eigenvalue weighted by atomic mass is 14.5. The van der Waals surface area contributed by atoms with Gasteiger partial charge in [-0.3, -0.25) is 0 Å². The Morgan fingerprint density at radius 1 is 1.45 bits per heavy atom. The molecule has 0 aliphatic heterocycles. The molecule has 2 unspecified atom stereocenters. The fourth-order valence-electron chi connectivity index (χ4n) is 2.73. The van der Waals surface area contributed by atoms with Gasteiger partial charge in [0.05, 0.1) is 0 Å². The summed E-state index contributed by atoms with van der Waals surface area (Å²) >= 11 is 0. The van der Waals surface area contributed by atoms with E-state index in [0.717, 1.165) is 13.0 Å². The molecule has 1 rings (SSSR count). The first-order valence-corrected chi connectivity index (χ1v) is 7.97. The summed E-state index contributed by atoms with van der Waals surface area (Å²) in [6.45, 7) is 9.76. The normalized spacial score (nSPS) is 23.1. The molecule has 0 aromatic heterocycles. The van der Waals surface area contributed by atoms with Gasteiger partial charge in [-0.25, -0.2) is 0 Å². The van der Waals surface area contributed by atoms with Crippen molar-refractivity contribution in [1.82, 2.24) is 0 Å². The summed E-state index contributed by atoms with van der Waals surface area (Å²) in [7, 11) is 0. The lowest BCUT2D eigenvalue weighted by Gasteiger charge is -2.22. The highest BCUT2D eigenvalue weighted by molar-refractivity contribution is 5.34. The third kappa shape index (κ3) is 5.92. The quantitative estimate of drug-likeness (QED) is 0.664. The average molecular weight is 273 g/mol. The molecular weight excluding hydrogens is 242 g/mol. The van der Waals surface area contributed by atoms with E-state index in [9.17, 15) is 0 Å². The summed E-state index contributed by atoms with van der Waals surface area (Å²) in [5.74, 6) is 1.28. The zero-order valence-corrected chi connectivity index (χ0v) is 13.7. The zero-order chi connectivity index (χ0) is 15.0. The fraction of sp³-hybridized carbons (Fsp3) is 0.579. The van der Waals surface area contributed by atoms with Gasteiger partial charge in [0.1, 0.15) is 0 Å². The van der Waals surface area contributed by atoms with Gasteiger partial charge in [-0.15, -0.1) is 0 Å². The number of hydrogen-bond acceptors (Lipinski definition) is 1. The molecule has 0 saturated heterocycles. The topological polar surface area (TPSA) is 26.0 Å². The average Bonchev–Trinajstić information content (AvgIpc) is 2.38. The molecule has 0 aromatic rings. The molecule has 2 N–H and O–H groups in total. The summed E-state index contributed by atoms with van der Waals surface area (Å²) in [6, 6.07) is 0. The molecule has 0 spiro atoms. The van der Waals surface area contributed by atoms with Gasteiger partial charge in [0.2, 0.25) is 0 Å². The second kappa shape index (κ2) is 8.97. The van der Waals surface area contributed by atoms with Crippen molar-refractivity contribution < 1.29 is 0 Å². The van der Waals surface area contributed by atoms with Crippen LogP contribution in [0.1, 0.15) is 53.4 Å². The van der Waals surface area contributed by atoms with Crippen LogP contribution >= 0.6 is 0 Å². The van der Waals surface area contributed by atoms with Crippen LogP contribution in [0.5, 0.6) is 0 Å². The lowest BCUT2D eigenvalue weighted by molar-refractivity contribution is 0.546. The molecule has 1 heteroatoms. The fourth-order valence-corrected chi connectivity index (χ4v) is 2.73. The third-order valence-corrected chi connectivity index (χ3v) is 4.16. The van der Waals surface area contributed by atoms with Gasteiger partial charge in [0.15, 0.2) is 0 Å². The van der Waals surface area contributed by atoms with Gasteiger partial charge >= 0.3 is 0 Å². The van der Waals surface area contributed by atoms with Crippen molar-refractivity contribution in [2.24, 2.45) is 17.6 Å². The highest BCUT2D eigenvalue weighted by Gasteiger charge is 2.14. The molecule has 112 valence electrons. The third-order valence-electron chi connectivity index (χ3n) is 4.16. The maximum absolute atomic E-state index is 5.55. The minimum atomic E-state index is 0.566. The first kappa shape index (κ1) is 17.0. The number of allylic oxidation sites excluding steroid dienone is 8. The van der Waals surface area contributed by atoms with Crippen LogP contribution in [0.3, 0.4) is 0 Å². The Kier molecular flexibility index (Phi) is 7.61. The van der Waals surface area contributed by atoms with Crippen LogP contribution in [0.2, 0.25) is 0 Å². The van der Waals surface area contributed by atoms with E-state index in [4.69, 9.17) is 5.73 Å². The van der Waals surface area contributed by atoms with Crippen molar-refractivity contribution >= 4 is 0 Å². The van der Waals surface area contributed by atoms with Crippen molar-refractivity contribution in [3.8, 4) is 0 Å². The van der Waals surface area contributed by atoms with Crippen LogP contribution in [-0.2, 0) is 0 Å². The van der Waals surface area contributed by atoms with Gasteiger partial charge in [-0.1, -0.05) is 55.4 Å². The van der Waals surface area contributed by atoms with Crippen LogP contribution in [0.4, 0.5) is 0 Å². The van der Waals surface area contributed by atoms with Crippen molar-refractivity contribution in [3.63, 3.8) is 0 Å². The van der Waals surface area contributed by atoms with Crippen LogP contribution in [0, 0.1) is 11.8 Å².